The summed E-state index contributed by atoms with van der Waals surface area (Å²) in [4.78, 5) is 41.0. The molecule has 158 valence electrons. The van der Waals surface area contributed by atoms with Crippen molar-refractivity contribution in [3.8, 4) is 5.75 Å². The molecule has 0 saturated heterocycles. The van der Waals surface area contributed by atoms with Crippen molar-refractivity contribution in [2.45, 2.75) is 39.7 Å². The van der Waals surface area contributed by atoms with Crippen LogP contribution in [-0.2, 0) is 14.3 Å². The minimum absolute atomic E-state index is 0.295. The summed E-state index contributed by atoms with van der Waals surface area (Å²) in [6.07, 6.45) is -1.01. The van der Waals surface area contributed by atoms with Crippen molar-refractivity contribution in [2.24, 2.45) is 0 Å². The second-order valence-corrected chi connectivity index (χ2v) is 7.43. The van der Waals surface area contributed by atoms with Crippen molar-refractivity contribution >= 4 is 28.6 Å². The van der Waals surface area contributed by atoms with Gasteiger partial charge < -0.3 is 24.8 Å². The van der Waals surface area contributed by atoms with Gasteiger partial charge in [0.15, 0.2) is 12.7 Å². The van der Waals surface area contributed by atoms with Crippen LogP contribution in [0.25, 0.3) is 11.0 Å². The number of hydrogen-bond donors (Lipinski definition) is 3. The number of ether oxygens (including phenoxy) is 2. The van der Waals surface area contributed by atoms with Gasteiger partial charge in [-0.1, -0.05) is 26.0 Å². The summed E-state index contributed by atoms with van der Waals surface area (Å²) in [5.74, 6) is -0.174. The summed E-state index contributed by atoms with van der Waals surface area (Å²) in [5.41, 5.74) is 3.36. The first-order chi connectivity index (χ1) is 14.2. The molecule has 1 amide bonds. The highest BCUT2D eigenvalue weighted by molar-refractivity contribution is 5.96. The average molecular weight is 411 g/mol. The normalized spacial score (nSPS) is 12.0. The van der Waals surface area contributed by atoms with E-state index < -0.39 is 18.0 Å². The lowest BCUT2D eigenvalue weighted by Gasteiger charge is -2.15. The second-order valence-electron chi connectivity index (χ2n) is 7.43. The van der Waals surface area contributed by atoms with Crippen LogP contribution in [-0.4, -0.2) is 34.6 Å². The summed E-state index contributed by atoms with van der Waals surface area (Å²) in [5, 5.41) is 2.66. The average Bonchev–Trinajstić information content (AvgIpc) is 3.06. The number of imidazole rings is 1. The number of nitrogens with one attached hydrogen (secondary N) is 3. The van der Waals surface area contributed by atoms with E-state index in [0.717, 1.165) is 11.1 Å². The topological polar surface area (TPSA) is 113 Å². The SMILES string of the molecule is Cc1ccc(C(C)C)cc1OCC(=O)O[C@@H](C)C(=O)Nc1ccc2[nH]c(=O)[nH]c2c1. The van der Waals surface area contributed by atoms with Gasteiger partial charge in [-0.2, -0.15) is 0 Å². The van der Waals surface area contributed by atoms with Gasteiger partial charge in [-0.05, 0) is 55.2 Å². The van der Waals surface area contributed by atoms with Crippen molar-refractivity contribution in [1.82, 2.24) is 9.97 Å². The van der Waals surface area contributed by atoms with Crippen molar-refractivity contribution < 1.29 is 19.1 Å². The first-order valence-electron chi connectivity index (χ1n) is 9.68. The minimum Gasteiger partial charge on any atom is -0.482 e. The predicted octanol–water partition coefficient (Wildman–Crippen LogP) is 3.24. The van der Waals surface area contributed by atoms with Gasteiger partial charge >= 0.3 is 11.7 Å². The minimum atomic E-state index is -1.01. The highest BCUT2D eigenvalue weighted by Gasteiger charge is 2.19. The van der Waals surface area contributed by atoms with E-state index in [2.05, 4.69) is 29.1 Å². The molecule has 0 unspecified atom stereocenters. The molecule has 0 fully saturated rings. The highest BCUT2D eigenvalue weighted by atomic mass is 16.6. The molecule has 8 heteroatoms. The lowest BCUT2D eigenvalue weighted by Crippen LogP contribution is -2.31. The number of anilines is 1. The summed E-state index contributed by atoms with van der Waals surface area (Å²) >= 11 is 0. The van der Waals surface area contributed by atoms with Crippen LogP contribution in [0.4, 0.5) is 5.69 Å². The van der Waals surface area contributed by atoms with E-state index in [1.807, 2.05) is 25.1 Å². The third-order valence-electron chi connectivity index (χ3n) is 4.69. The summed E-state index contributed by atoms with van der Waals surface area (Å²) in [6, 6.07) is 10.8. The number of H-pyrrole nitrogens is 2. The second kappa shape index (κ2) is 8.86. The van der Waals surface area contributed by atoms with Crippen LogP contribution in [0.3, 0.4) is 0 Å². The zero-order chi connectivity index (χ0) is 21.8. The molecule has 0 spiro atoms. The molecule has 0 radical (unpaired) electrons. The number of carbonyl (C=O) groups is 2. The highest BCUT2D eigenvalue weighted by Crippen LogP contribution is 2.24. The summed E-state index contributed by atoms with van der Waals surface area (Å²) in [7, 11) is 0. The zero-order valence-electron chi connectivity index (χ0n) is 17.4. The van der Waals surface area contributed by atoms with Crippen molar-refractivity contribution in [1.29, 1.82) is 0 Å². The fourth-order valence-electron chi connectivity index (χ4n) is 2.91. The molecule has 1 heterocycles. The molecular formula is C22H25N3O5. The molecule has 1 atom stereocenters. The zero-order valence-corrected chi connectivity index (χ0v) is 17.4. The first kappa shape index (κ1) is 21.2. The largest absolute Gasteiger partial charge is 0.482 e. The lowest BCUT2D eigenvalue weighted by molar-refractivity contribution is -0.155. The number of benzene rings is 2. The molecule has 3 N–H and O–H groups in total. The van der Waals surface area contributed by atoms with Gasteiger partial charge in [-0.3, -0.25) is 4.79 Å². The fraction of sp³-hybridized carbons (Fsp3) is 0.318. The first-order valence-corrected chi connectivity index (χ1v) is 9.68. The van der Waals surface area contributed by atoms with E-state index >= 15 is 0 Å². The van der Waals surface area contributed by atoms with E-state index in [-0.39, 0.29) is 12.3 Å². The maximum Gasteiger partial charge on any atom is 0.344 e. The molecular weight excluding hydrogens is 386 g/mol. The van der Waals surface area contributed by atoms with E-state index in [1.165, 1.54) is 6.92 Å². The Balaban J connectivity index is 1.55. The Hall–Kier alpha value is -3.55. The van der Waals surface area contributed by atoms with Gasteiger partial charge in [0.1, 0.15) is 5.75 Å². The van der Waals surface area contributed by atoms with Crippen molar-refractivity contribution in [2.75, 3.05) is 11.9 Å². The van der Waals surface area contributed by atoms with E-state index in [0.29, 0.717) is 28.4 Å². The molecule has 3 rings (SSSR count). The number of amides is 1. The molecule has 0 bridgehead atoms. The number of aryl methyl sites for hydroxylation is 1. The van der Waals surface area contributed by atoms with Crippen LogP contribution in [0.1, 0.15) is 37.8 Å². The number of aromatic amines is 2. The van der Waals surface area contributed by atoms with Crippen LogP contribution in [0.15, 0.2) is 41.2 Å². The number of fused-ring (bicyclic) bond motifs is 1. The molecule has 0 saturated carbocycles. The number of rotatable bonds is 7. The Bertz CT molecular complexity index is 1130. The monoisotopic (exact) mass is 411 g/mol. The van der Waals surface area contributed by atoms with E-state index in [4.69, 9.17) is 9.47 Å². The maximum absolute atomic E-state index is 12.3. The van der Waals surface area contributed by atoms with Crippen molar-refractivity contribution in [3.63, 3.8) is 0 Å². The van der Waals surface area contributed by atoms with Gasteiger partial charge in [0.2, 0.25) is 0 Å². The molecule has 1 aromatic heterocycles. The van der Waals surface area contributed by atoms with Gasteiger partial charge in [0.05, 0.1) is 11.0 Å². The molecule has 8 nitrogen and oxygen atoms in total. The van der Waals surface area contributed by atoms with Crippen LogP contribution in [0.2, 0.25) is 0 Å². The van der Waals surface area contributed by atoms with Gasteiger partial charge in [-0.25, -0.2) is 9.59 Å². The molecule has 30 heavy (non-hydrogen) atoms. The van der Waals surface area contributed by atoms with E-state index in [9.17, 15) is 14.4 Å². The summed E-state index contributed by atoms with van der Waals surface area (Å²) < 4.78 is 10.8. The Kier molecular flexibility index (Phi) is 6.25. The number of aromatic nitrogens is 2. The Morgan fingerprint density at radius 3 is 2.50 bits per heavy atom. The Labute approximate surface area is 173 Å². The van der Waals surface area contributed by atoms with Gasteiger partial charge in [0, 0.05) is 5.69 Å². The molecule has 3 aromatic rings. The lowest BCUT2D eigenvalue weighted by atomic mass is 10.0. The Morgan fingerprint density at radius 1 is 1.03 bits per heavy atom. The third-order valence-corrected chi connectivity index (χ3v) is 4.69. The standard InChI is InChI=1S/C22H25N3O5/c1-12(2)15-6-5-13(3)19(9-15)29-11-20(26)30-14(4)21(27)23-16-7-8-17-18(10-16)25-22(28)24-17/h5-10,12,14H,11H2,1-4H3,(H,23,27)(H2,24,25,28)/t14-/m0/s1. The molecule has 2 aromatic carbocycles. The van der Waals surface area contributed by atoms with Crippen LogP contribution in [0, 0.1) is 6.92 Å². The predicted molar refractivity (Wildman–Crippen MR) is 114 cm³/mol. The smallest absolute Gasteiger partial charge is 0.344 e. The third kappa shape index (κ3) is 5.08. The van der Waals surface area contributed by atoms with Gasteiger partial charge in [0.25, 0.3) is 5.91 Å². The molecule has 0 aliphatic carbocycles. The van der Waals surface area contributed by atoms with E-state index in [1.54, 1.807) is 18.2 Å². The van der Waals surface area contributed by atoms with Gasteiger partial charge in [-0.15, -0.1) is 0 Å². The van der Waals surface area contributed by atoms with Crippen LogP contribution < -0.4 is 15.7 Å². The van der Waals surface area contributed by atoms with Crippen molar-refractivity contribution in [3.05, 3.63) is 58.0 Å². The number of esters is 1. The quantitative estimate of drug-likeness (QED) is 0.517. The number of hydrogen-bond acceptors (Lipinski definition) is 5. The molecule has 0 aliphatic rings. The van der Waals surface area contributed by atoms with Crippen LogP contribution in [0.5, 0.6) is 5.75 Å². The van der Waals surface area contributed by atoms with Crippen LogP contribution >= 0.6 is 0 Å². The summed E-state index contributed by atoms with van der Waals surface area (Å²) in [6.45, 7) is 7.24. The maximum atomic E-state index is 12.3. The molecule has 0 aliphatic heterocycles. The fourth-order valence-corrected chi connectivity index (χ4v) is 2.91. The number of carbonyl (C=O) groups excluding carboxylic acids is 2. The Morgan fingerprint density at radius 2 is 1.77 bits per heavy atom.